The largest absolute Gasteiger partial charge is 0.492 e. The van der Waals surface area contributed by atoms with E-state index in [1.54, 1.807) is 6.20 Å². The molecule has 0 unspecified atom stereocenters. The van der Waals surface area contributed by atoms with Gasteiger partial charge in [0.25, 0.3) is 0 Å². The van der Waals surface area contributed by atoms with Gasteiger partial charge in [0, 0.05) is 6.20 Å². The number of Topliss-reactive ketones (excluding diaryl/α,β-unsaturated/α-hetero) is 1. The summed E-state index contributed by atoms with van der Waals surface area (Å²) in [6.07, 6.45) is 3.12. The molecule has 2 heterocycles. The van der Waals surface area contributed by atoms with Gasteiger partial charge in [-0.15, -0.1) is 0 Å². The van der Waals surface area contributed by atoms with E-state index in [1.807, 2.05) is 6.92 Å². The Morgan fingerprint density at radius 1 is 1.53 bits per heavy atom. The summed E-state index contributed by atoms with van der Waals surface area (Å²) < 4.78 is 5.45. The maximum absolute atomic E-state index is 11.4. The van der Waals surface area contributed by atoms with E-state index >= 15 is 0 Å². The fourth-order valence-electron chi connectivity index (χ4n) is 1.43. The molecule has 0 spiro atoms. The lowest BCUT2D eigenvalue weighted by Crippen LogP contribution is -2.02. The van der Waals surface area contributed by atoms with Gasteiger partial charge in [0.2, 0.25) is 0 Å². The van der Waals surface area contributed by atoms with Crippen molar-refractivity contribution in [3.8, 4) is 5.75 Å². The Kier molecular flexibility index (Phi) is 2.37. The number of ether oxygens (including phenoxy) is 1. The van der Waals surface area contributed by atoms with Crippen molar-refractivity contribution in [2.24, 2.45) is 0 Å². The summed E-state index contributed by atoms with van der Waals surface area (Å²) in [5, 5.41) is 7.34. The zero-order valence-corrected chi connectivity index (χ0v) is 8.57. The number of nitrogens with zero attached hydrogens (tertiary/aromatic N) is 2. The average Bonchev–Trinajstić information content (AvgIpc) is 2.66. The lowest BCUT2D eigenvalue weighted by molar-refractivity contribution is 0.101. The van der Waals surface area contributed by atoms with E-state index < -0.39 is 0 Å². The quantitative estimate of drug-likeness (QED) is 0.772. The zero-order chi connectivity index (χ0) is 10.8. The van der Waals surface area contributed by atoms with Crippen LogP contribution in [0, 0.1) is 0 Å². The number of pyridine rings is 1. The molecule has 2 aromatic heterocycles. The van der Waals surface area contributed by atoms with E-state index in [1.165, 1.54) is 13.1 Å². The van der Waals surface area contributed by atoms with Gasteiger partial charge in [-0.2, -0.15) is 5.10 Å². The van der Waals surface area contributed by atoms with Crippen LogP contribution in [-0.2, 0) is 0 Å². The van der Waals surface area contributed by atoms with Crippen LogP contribution >= 0.6 is 0 Å². The number of H-pyrrole nitrogens is 1. The van der Waals surface area contributed by atoms with Gasteiger partial charge in [0.1, 0.15) is 5.75 Å². The third-order valence-electron chi connectivity index (χ3n) is 2.10. The lowest BCUT2D eigenvalue weighted by atomic mass is 10.1. The van der Waals surface area contributed by atoms with E-state index in [0.717, 1.165) is 5.39 Å². The number of ketones is 1. The number of aromatic amines is 1. The number of rotatable bonds is 3. The maximum atomic E-state index is 11.4. The van der Waals surface area contributed by atoms with E-state index in [2.05, 4.69) is 15.2 Å². The molecule has 0 bridgehead atoms. The normalized spacial score (nSPS) is 10.5. The van der Waals surface area contributed by atoms with Crippen molar-refractivity contribution in [1.82, 2.24) is 15.2 Å². The number of carbonyl (C=O) groups excluding carboxylic acids is 1. The molecule has 0 saturated heterocycles. The molecule has 0 saturated carbocycles. The van der Waals surface area contributed by atoms with E-state index in [9.17, 15) is 4.79 Å². The molecule has 0 fully saturated rings. The second-order valence-electron chi connectivity index (χ2n) is 3.12. The van der Waals surface area contributed by atoms with Crippen LogP contribution in [0.1, 0.15) is 24.2 Å². The third kappa shape index (κ3) is 1.56. The first-order valence-electron chi connectivity index (χ1n) is 4.69. The molecule has 78 valence electrons. The Hall–Kier alpha value is -1.91. The summed E-state index contributed by atoms with van der Waals surface area (Å²) in [4.78, 5) is 15.4. The molecule has 0 aliphatic carbocycles. The van der Waals surface area contributed by atoms with Gasteiger partial charge in [-0.1, -0.05) is 0 Å². The molecule has 5 heteroatoms. The highest BCUT2D eigenvalue weighted by atomic mass is 16.5. The fourth-order valence-corrected chi connectivity index (χ4v) is 1.43. The van der Waals surface area contributed by atoms with E-state index in [-0.39, 0.29) is 5.78 Å². The van der Waals surface area contributed by atoms with Gasteiger partial charge in [0.15, 0.2) is 11.4 Å². The summed E-state index contributed by atoms with van der Waals surface area (Å²) in [7, 11) is 0. The van der Waals surface area contributed by atoms with Gasteiger partial charge in [-0.3, -0.25) is 9.89 Å². The number of hydrogen-bond donors (Lipinski definition) is 1. The highest BCUT2D eigenvalue weighted by Crippen LogP contribution is 2.27. The smallest absolute Gasteiger partial charge is 0.165 e. The molecule has 2 rings (SSSR count). The lowest BCUT2D eigenvalue weighted by Gasteiger charge is -2.07. The molecule has 0 aromatic carbocycles. The predicted octanol–water partition coefficient (Wildman–Crippen LogP) is 1.56. The third-order valence-corrected chi connectivity index (χ3v) is 2.10. The van der Waals surface area contributed by atoms with Crippen molar-refractivity contribution in [1.29, 1.82) is 0 Å². The number of hydrogen-bond acceptors (Lipinski definition) is 4. The molecule has 5 nitrogen and oxygen atoms in total. The Labute approximate surface area is 86.5 Å². The van der Waals surface area contributed by atoms with Crippen LogP contribution < -0.4 is 4.74 Å². The SMILES string of the molecule is CCOc1c(C(C)=O)cnc2[nH]ncc12. The van der Waals surface area contributed by atoms with Crippen LogP contribution in [0.25, 0.3) is 11.0 Å². The summed E-state index contributed by atoms with van der Waals surface area (Å²) in [6, 6.07) is 0. The molecule has 0 aliphatic rings. The molecule has 0 amide bonds. The van der Waals surface area contributed by atoms with Crippen LogP contribution in [0.4, 0.5) is 0 Å². The maximum Gasteiger partial charge on any atom is 0.165 e. The Morgan fingerprint density at radius 2 is 2.33 bits per heavy atom. The Bertz CT molecular complexity index is 504. The van der Waals surface area contributed by atoms with Crippen LogP contribution in [0.5, 0.6) is 5.75 Å². The summed E-state index contributed by atoms with van der Waals surface area (Å²) in [6.45, 7) is 3.87. The standard InChI is InChI=1S/C10H11N3O2/c1-3-15-9-7(6(2)14)4-11-10-8(9)5-12-13-10/h4-5H,3H2,1-2H3,(H,11,12,13). The summed E-state index contributed by atoms with van der Waals surface area (Å²) >= 11 is 0. The van der Waals surface area contributed by atoms with E-state index in [4.69, 9.17) is 4.74 Å². The van der Waals surface area contributed by atoms with E-state index in [0.29, 0.717) is 23.6 Å². The minimum Gasteiger partial charge on any atom is -0.492 e. The Morgan fingerprint density at radius 3 is 3.00 bits per heavy atom. The van der Waals surface area contributed by atoms with Gasteiger partial charge in [-0.25, -0.2) is 4.98 Å². The van der Waals surface area contributed by atoms with Gasteiger partial charge < -0.3 is 4.74 Å². The second-order valence-corrected chi connectivity index (χ2v) is 3.12. The highest BCUT2D eigenvalue weighted by Gasteiger charge is 2.14. The first-order chi connectivity index (χ1) is 7.24. The van der Waals surface area contributed by atoms with Crippen LogP contribution in [-0.4, -0.2) is 27.6 Å². The topological polar surface area (TPSA) is 67.9 Å². The van der Waals surface area contributed by atoms with Crippen molar-refractivity contribution >= 4 is 16.8 Å². The minimum atomic E-state index is -0.0611. The van der Waals surface area contributed by atoms with Gasteiger partial charge >= 0.3 is 0 Å². The first kappa shape index (κ1) is 9.64. The fraction of sp³-hybridized carbons (Fsp3) is 0.300. The van der Waals surface area contributed by atoms with Crippen LogP contribution in [0.2, 0.25) is 0 Å². The molecule has 0 atom stereocenters. The molecule has 1 N–H and O–H groups in total. The van der Waals surface area contributed by atoms with Crippen molar-refractivity contribution < 1.29 is 9.53 Å². The number of aromatic nitrogens is 3. The van der Waals surface area contributed by atoms with Crippen LogP contribution in [0.3, 0.4) is 0 Å². The molecule has 2 aromatic rings. The number of fused-ring (bicyclic) bond motifs is 1. The minimum absolute atomic E-state index is 0.0611. The first-order valence-corrected chi connectivity index (χ1v) is 4.69. The van der Waals surface area contributed by atoms with Gasteiger partial charge in [-0.05, 0) is 13.8 Å². The van der Waals surface area contributed by atoms with Crippen molar-refractivity contribution in [3.05, 3.63) is 18.0 Å². The Balaban J connectivity index is 2.69. The highest BCUT2D eigenvalue weighted by molar-refractivity contribution is 6.01. The monoisotopic (exact) mass is 205 g/mol. The predicted molar refractivity (Wildman–Crippen MR) is 55.1 cm³/mol. The van der Waals surface area contributed by atoms with Crippen molar-refractivity contribution in [2.75, 3.05) is 6.61 Å². The number of nitrogens with one attached hydrogen (secondary N) is 1. The van der Waals surface area contributed by atoms with Crippen LogP contribution in [0.15, 0.2) is 12.4 Å². The number of carbonyl (C=O) groups is 1. The average molecular weight is 205 g/mol. The van der Waals surface area contributed by atoms with Crippen molar-refractivity contribution in [3.63, 3.8) is 0 Å². The molecular formula is C10H11N3O2. The zero-order valence-electron chi connectivity index (χ0n) is 8.57. The summed E-state index contributed by atoms with van der Waals surface area (Å²) in [5.41, 5.74) is 1.12. The summed E-state index contributed by atoms with van der Waals surface area (Å²) in [5.74, 6) is 0.498. The van der Waals surface area contributed by atoms with Crippen molar-refractivity contribution in [2.45, 2.75) is 13.8 Å². The molecule has 0 radical (unpaired) electrons. The van der Waals surface area contributed by atoms with Gasteiger partial charge in [0.05, 0.1) is 23.8 Å². The molecule has 15 heavy (non-hydrogen) atoms. The molecular weight excluding hydrogens is 194 g/mol. The molecule has 0 aliphatic heterocycles. The second kappa shape index (κ2) is 3.68.